The SMILES string of the molecule is CCCCCOc1ccc(C(=O)CCC(=O)Nc2cccc(C)c2C(=O)NC)cc1. The van der Waals surface area contributed by atoms with Crippen LogP contribution in [0.5, 0.6) is 5.75 Å². The van der Waals surface area contributed by atoms with E-state index in [-0.39, 0.29) is 30.4 Å². The first-order chi connectivity index (χ1) is 14.5. The quantitative estimate of drug-likeness (QED) is 0.421. The molecule has 0 saturated carbocycles. The number of carbonyl (C=O) groups excluding carboxylic acids is 3. The number of nitrogens with one attached hydrogen (secondary N) is 2. The minimum Gasteiger partial charge on any atom is -0.494 e. The van der Waals surface area contributed by atoms with Gasteiger partial charge in [-0.15, -0.1) is 0 Å². The molecule has 0 aliphatic rings. The van der Waals surface area contributed by atoms with Gasteiger partial charge in [0.05, 0.1) is 17.9 Å². The zero-order valence-corrected chi connectivity index (χ0v) is 17.9. The number of carbonyl (C=O) groups is 3. The van der Waals surface area contributed by atoms with Gasteiger partial charge in [0.15, 0.2) is 5.78 Å². The maximum atomic E-state index is 12.4. The number of ether oxygens (including phenoxy) is 1. The molecule has 2 aromatic rings. The highest BCUT2D eigenvalue weighted by atomic mass is 16.5. The smallest absolute Gasteiger partial charge is 0.253 e. The lowest BCUT2D eigenvalue weighted by molar-refractivity contribution is -0.116. The van der Waals surface area contributed by atoms with Crippen molar-refractivity contribution in [2.45, 2.75) is 46.0 Å². The molecule has 0 radical (unpaired) electrons. The standard InChI is InChI=1S/C24H30N2O4/c1-4-5-6-16-30-19-12-10-18(11-13-19)21(27)14-15-22(28)26-20-9-7-8-17(2)23(20)24(29)25-3/h7-13H,4-6,14-16H2,1-3H3,(H,25,29)(H,26,28). The van der Waals surface area contributed by atoms with Gasteiger partial charge in [0, 0.05) is 25.5 Å². The van der Waals surface area contributed by atoms with Crippen LogP contribution in [0.4, 0.5) is 5.69 Å². The van der Waals surface area contributed by atoms with Crippen molar-refractivity contribution in [3.05, 3.63) is 59.2 Å². The first-order valence-corrected chi connectivity index (χ1v) is 10.3. The molecule has 30 heavy (non-hydrogen) atoms. The molecule has 6 heteroatoms. The number of anilines is 1. The summed E-state index contributed by atoms with van der Waals surface area (Å²) in [5.41, 5.74) is 2.18. The molecule has 0 aliphatic carbocycles. The van der Waals surface area contributed by atoms with E-state index in [1.54, 1.807) is 56.4 Å². The Labute approximate surface area is 178 Å². The van der Waals surface area contributed by atoms with Crippen molar-refractivity contribution < 1.29 is 19.1 Å². The number of benzene rings is 2. The Morgan fingerprint density at radius 2 is 1.70 bits per heavy atom. The van der Waals surface area contributed by atoms with Gasteiger partial charge in [-0.1, -0.05) is 31.9 Å². The molecule has 6 nitrogen and oxygen atoms in total. The van der Waals surface area contributed by atoms with E-state index >= 15 is 0 Å². The number of ketones is 1. The third kappa shape index (κ3) is 6.72. The van der Waals surface area contributed by atoms with Gasteiger partial charge >= 0.3 is 0 Å². The Kier molecular flexibility index (Phi) is 9.06. The van der Waals surface area contributed by atoms with Crippen molar-refractivity contribution in [3.8, 4) is 5.75 Å². The lowest BCUT2D eigenvalue weighted by atomic mass is 10.0. The van der Waals surface area contributed by atoms with E-state index in [4.69, 9.17) is 4.74 Å². The molecule has 0 fully saturated rings. The van der Waals surface area contributed by atoms with E-state index in [1.807, 2.05) is 0 Å². The summed E-state index contributed by atoms with van der Waals surface area (Å²) in [5.74, 6) is 0.0477. The van der Waals surface area contributed by atoms with Crippen LogP contribution in [0.25, 0.3) is 0 Å². The van der Waals surface area contributed by atoms with Gasteiger partial charge < -0.3 is 15.4 Å². The van der Waals surface area contributed by atoms with Crippen molar-refractivity contribution in [1.29, 1.82) is 0 Å². The van der Waals surface area contributed by atoms with Crippen LogP contribution in [0, 0.1) is 6.92 Å². The Morgan fingerprint density at radius 1 is 0.967 bits per heavy atom. The van der Waals surface area contributed by atoms with E-state index in [0.29, 0.717) is 23.4 Å². The molecule has 0 bridgehead atoms. The lowest BCUT2D eigenvalue weighted by Crippen LogP contribution is -2.22. The number of Topliss-reactive ketones (excluding diaryl/α,β-unsaturated/α-hetero) is 1. The Morgan fingerprint density at radius 3 is 2.37 bits per heavy atom. The maximum Gasteiger partial charge on any atom is 0.253 e. The molecule has 2 amide bonds. The second-order valence-electron chi connectivity index (χ2n) is 7.13. The zero-order valence-electron chi connectivity index (χ0n) is 17.9. The minimum absolute atomic E-state index is 0.0369. The molecular formula is C24H30N2O4. The zero-order chi connectivity index (χ0) is 21.9. The first-order valence-electron chi connectivity index (χ1n) is 10.3. The summed E-state index contributed by atoms with van der Waals surface area (Å²) in [7, 11) is 1.54. The fourth-order valence-electron chi connectivity index (χ4n) is 3.06. The van der Waals surface area contributed by atoms with E-state index in [9.17, 15) is 14.4 Å². The second-order valence-corrected chi connectivity index (χ2v) is 7.13. The number of hydrogen-bond acceptors (Lipinski definition) is 4. The predicted octanol–water partition coefficient (Wildman–Crippen LogP) is 4.53. The number of aryl methyl sites for hydroxylation is 1. The summed E-state index contributed by atoms with van der Waals surface area (Å²) >= 11 is 0. The van der Waals surface area contributed by atoms with Crippen LogP contribution in [0.15, 0.2) is 42.5 Å². The van der Waals surface area contributed by atoms with Crippen molar-refractivity contribution in [2.24, 2.45) is 0 Å². The fraction of sp³-hybridized carbons (Fsp3) is 0.375. The Balaban J connectivity index is 1.89. The third-order valence-electron chi connectivity index (χ3n) is 4.77. The van der Waals surface area contributed by atoms with Gasteiger partial charge in [0.2, 0.25) is 5.91 Å². The molecule has 0 aliphatic heterocycles. The molecular weight excluding hydrogens is 380 g/mol. The van der Waals surface area contributed by atoms with Gasteiger partial charge in [0.1, 0.15) is 5.75 Å². The highest BCUT2D eigenvalue weighted by Gasteiger charge is 2.16. The maximum absolute atomic E-state index is 12.4. The molecule has 2 aromatic carbocycles. The Bertz CT molecular complexity index is 875. The summed E-state index contributed by atoms with van der Waals surface area (Å²) in [6.07, 6.45) is 3.40. The largest absolute Gasteiger partial charge is 0.494 e. The molecule has 160 valence electrons. The van der Waals surface area contributed by atoms with E-state index in [1.165, 1.54) is 0 Å². The minimum atomic E-state index is -0.310. The highest BCUT2D eigenvalue weighted by molar-refractivity contribution is 6.05. The highest BCUT2D eigenvalue weighted by Crippen LogP contribution is 2.20. The molecule has 0 heterocycles. The van der Waals surface area contributed by atoms with Crippen LogP contribution < -0.4 is 15.4 Å². The molecule has 0 atom stereocenters. The normalized spacial score (nSPS) is 10.4. The summed E-state index contributed by atoms with van der Waals surface area (Å²) in [6, 6.07) is 12.3. The number of hydrogen-bond donors (Lipinski definition) is 2. The first kappa shape index (κ1) is 23.1. The number of rotatable bonds is 11. The molecule has 2 rings (SSSR count). The van der Waals surface area contributed by atoms with Crippen LogP contribution >= 0.6 is 0 Å². The van der Waals surface area contributed by atoms with Gasteiger partial charge in [0.25, 0.3) is 5.91 Å². The van der Waals surface area contributed by atoms with E-state index in [0.717, 1.165) is 30.6 Å². The third-order valence-corrected chi connectivity index (χ3v) is 4.77. The molecule has 0 spiro atoms. The summed E-state index contributed by atoms with van der Waals surface area (Å²) in [4.78, 5) is 36.8. The molecule has 0 saturated heterocycles. The second kappa shape index (κ2) is 11.8. The van der Waals surface area contributed by atoms with Gasteiger partial charge in [-0.25, -0.2) is 0 Å². The molecule has 0 unspecified atom stereocenters. The van der Waals surface area contributed by atoms with Gasteiger partial charge in [-0.2, -0.15) is 0 Å². The van der Waals surface area contributed by atoms with Gasteiger partial charge in [-0.05, 0) is 49.2 Å². The van der Waals surface area contributed by atoms with Gasteiger partial charge in [-0.3, -0.25) is 14.4 Å². The predicted molar refractivity (Wildman–Crippen MR) is 118 cm³/mol. The summed E-state index contributed by atoms with van der Waals surface area (Å²) < 4.78 is 5.65. The Hall–Kier alpha value is -3.15. The molecule has 2 N–H and O–H groups in total. The van der Waals surface area contributed by atoms with E-state index < -0.39 is 0 Å². The molecule has 0 aromatic heterocycles. The van der Waals surface area contributed by atoms with Crippen LogP contribution in [-0.2, 0) is 4.79 Å². The topological polar surface area (TPSA) is 84.5 Å². The number of unbranched alkanes of at least 4 members (excludes halogenated alkanes) is 2. The summed E-state index contributed by atoms with van der Waals surface area (Å²) in [5, 5.41) is 5.32. The monoisotopic (exact) mass is 410 g/mol. The fourth-order valence-corrected chi connectivity index (χ4v) is 3.06. The van der Waals surface area contributed by atoms with E-state index in [2.05, 4.69) is 17.6 Å². The summed E-state index contributed by atoms with van der Waals surface area (Å²) in [6.45, 7) is 4.61. The lowest BCUT2D eigenvalue weighted by Gasteiger charge is -2.12. The van der Waals surface area contributed by atoms with Crippen molar-refractivity contribution >= 4 is 23.3 Å². The van der Waals surface area contributed by atoms with Crippen molar-refractivity contribution in [2.75, 3.05) is 19.0 Å². The van der Waals surface area contributed by atoms with Crippen LogP contribution in [0.2, 0.25) is 0 Å². The average Bonchev–Trinajstić information content (AvgIpc) is 2.75. The van der Waals surface area contributed by atoms with Crippen LogP contribution in [0.1, 0.15) is 65.3 Å². The van der Waals surface area contributed by atoms with Crippen molar-refractivity contribution in [1.82, 2.24) is 5.32 Å². The van der Waals surface area contributed by atoms with Crippen LogP contribution in [-0.4, -0.2) is 31.3 Å². The van der Waals surface area contributed by atoms with Crippen LogP contribution in [0.3, 0.4) is 0 Å². The number of amides is 2. The average molecular weight is 411 g/mol. The van der Waals surface area contributed by atoms with Crippen molar-refractivity contribution in [3.63, 3.8) is 0 Å².